The zero-order chi connectivity index (χ0) is 13.1. The first-order chi connectivity index (χ1) is 8.63. The molecule has 0 aliphatic carbocycles. The van der Waals surface area contributed by atoms with Gasteiger partial charge in [-0.25, -0.2) is 0 Å². The molecule has 0 radical (unpaired) electrons. The van der Waals surface area contributed by atoms with Crippen LogP contribution >= 0.6 is 0 Å². The molecule has 0 bridgehead atoms. The molecule has 0 aliphatic heterocycles. The van der Waals surface area contributed by atoms with Gasteiger partial charge in [0.1, 0.15) is 0 Å². The van der Waals surface area contributed by atoms with E-state index in [9.17, 15) is 4.79 Å². The van der Waals surface area contributed by atoms with Crippen molar-refractivity contribution in [3.05, 3.63) is 59.2 Å². The summed E-state index contributed by atoms with van der Waals surface area (Å²) in [5.74, 6) is 0.529. The number of rotatable bonds is 3. The number of carbonyl (C=O) groups is 1. The van der Waals surface area contributed by atoms with Crippen LogP contribution in [0.5, 0.6) is 0 Å². The molecule has 0 aliphatic rings. The molecule has 0 aromatic heterocycles. The maximum Gasteiger partial charge on any atom is 0.150 e. The molecule has 92 valence electrons. The number of hydrogen-bond acceptors (Lipinski definition) is 1. The Morgan fingerprint density at radius 1 is 1.00 bits per heavy atom. The molecule has 1 nitrogen and oxygen atoms in total. The molecule has 0 saturated carbocycles. The molecule has 0 fully saturated rings. The van der Waals surface area contributed by atoms with Crippen LogP contribution in [-0.4, -0.2) is 6.29 Å². The molecule has 0 atom stereocenters. The average Bonchev–Trinajstić information content (AvgIpc) is 2.38. The highest BCUT2D eigenvalue weighted by Crippen LogP contribution is 2.28. The van der Waals surface area contributed by atoms with Gasteiger partial charge in [0, 0.05) is 5.56 Å². The van der Waals surface area contributed by atoms with Crippen LogP contribution in [0.3, 0.4) is 0 Å². The van der Waals surface area contributed by atoms with Crippen LogP contribution in [0.25, 0.3) is 11.1 Å². The van der Waals surface area contributed by atoms with Crippen molar-refractivity contribution in [2.75, 3.05) is 0 Å². The largest absolute Gasteiger partial charge is 0.298 e. The lowest BCUT2D eigenvalue weighted by Gasteiger charge is -2.11. The summed E-state index contributed by atoms with van der Waals surface area (Å²) in [7, 11) is 0. The fraction of sp³-hybridized carbons (Fsp3) is 0.235. The highest BCUT2D eigenvalue weighted by Gasteiger charge is 2.08. The summed E-state index contributed by atoms with van der Waals surface area (Å²) in [4.78, 5) is 11.1. The number of carbonyl (C=O) groups excluding carboxylic acids is 1. The minimum absolute atomic E-state index is 0.529. The van der Waals surface area contributed by atoms with Crippen molar-refractivity contribution in [3.63, 3.8) is 0 Å². The topological polar surface area (TPSA) is 17.1 Å². The van der Waals surface area contributed by atoms with Gasteiger partial charge in [0.2, 0.25) is 0 Å². The first-order valence-corrected chi connectivity index (χ1v) is 6.28. The maximum atomic E-state index is 11.1. The standard InChI is InChI=1S/C17H18O/c1-12(2)14-7-9-15(10-8-14)17-13(3)5-4-6-16(17)11-18/h4-12H,1-3H3. The molecule has 0 N–H and O–H groups in total. The Bertz CT molecular complexity index is 550. The van der Waals surface area contributed by atoms with E-state index in [-0.39, 0.29) is 0 Å². The minimum atomic E-state index is 0.529. The van der Waals surface area contributed by atoms with Crippen molar-refractivity contribution in [1.29, 1.82) is 0 Å². The fourth-order valence-electron chi connectivity index (χ4n) is 2.22. The zero-order valence-electron chi connectivity index (χ0n) is 11.1. The van der Waals surface area contributed by atoms with E-state index < -0.39 is 0 Å². The monoisotopic (exact) mass is 238 g/mol. The lowest BCUT2D eigenvalue weighted by molar-refractivity contribution is 0.112. The van der Waals surface area contributed by atoms with E-state index in [0.717, 1.165) is 28.5 Å². The van der Waals surface area contributed by atoms with Crippen LogP contribution in [0.1, 0.15) is 41.3 Å². The average molecular weight is 238 g/mol. The van der Waals surface area contributed by atoms with Gasteiger partial charge in [-0.3, -0.25) is 4.79 Å². The van der Waals surface area contributed by atoms with Crippen LogP contribution in [0.4, 0.5) is 0 Å². The Kier molecular flexibility index (Phi) is 3.61. The molecule has 18 heavy (non-hydrogen) atoms. The van der Waals surface area contributed by atoms with Crippen molar-refractivity contribution in [1.82, 2.24) is 0 Å². The highest BCUT2D eigenvalue weighted by atomic mass is 16.1. The molecular weight excluding hydrogens is 220 g/mol. The summed E-state index contributed by atoms with van der Waals surface area (Å²) >= 11 is 0. The van der Waals surface area contributed by atoms with E-state index in [1.165, 1.54) is 5.56 Å². The molecule has 2 rings (SSSR count). The van der Waals surface area contributed by atoms with Gasteiger partial charge in [-0.15, -0.1) is 0 Å². The van der Waals surface area contributed by atoms with Crippen LogP contribution in [-0.2, 0) is 0 Å². The van der Waals surface area contributed by atoms with Crippen molar-refractivity contribution >= 4 is 6.29 Å². The van der Waals surface area contributed by atoms with Gasteiger partial charge >= 0.3 is 0 Å². The molecule has 0 saturated heterocycles. The van der Waals surface area contributed by atoms with Crippen molar-refractivity contribution in [2.45, 2.75) is 26.7 Å². The van der Waals surface area contributed by atoms with Crippen molar-refractivity contribution < 1.29 is 4.79 Å². The van der Waals surface area contributed by atoms with Gasteiger partial charge in [-0.2, -0.15) is 0 Å². The number of hydrogen-bond donors (Lipinski definition) is 0. The predicted molar refractivity (Wildman–Crippen MR) is 76.1 cm³/mol. The van der Waals surface area contributed by atoms with E-state index in [1.54, 1.807) is 0 Å². The third kappa shape index (κ3) is 2.35. The normalized spacial score (nSPS) is 10.7. The zero-order valence-corrected chi connectivity index (χ0v) is 11.1. The summed E-state index contributed by atoms with van der Waals surface area (Å²) < 4.78 is 0. The van der Waals surface area contributed by atoms with Crippen LogP contribution in [0.2, 0.25) is 0 Å². The van der Waals surface area contributed by atoms with Gasteiger partial charge in [-0.1, -0.05) is 56.3 Å². The van der Waals surface area contributed by atoms with Gasteiger partial charge in [0.05, 0.1) is 0 Å². The summed E-state index contributed by atoms with van der Waals surface area (Å²) in [5, 5.41) is 0. The molecule has 0 spiro atoms. The Morgan fingerprint density at radius 3 is 2.22 bits per heavy atom. The smallest absolute Gasteiger partial charge is 0.150 e. The van der Waals surface area contributed by atoms with Gasteiger partial charge in [0.15, 0.2) is 6.29 Å². The molecular formula is C17H18O. The molecule has 2 aromatic rings. The quantitative estimate of drug-likeness (QED) is 0.714. The second kappa shape index (κ2) is 5.18. The Hall–Kier alpha value is -1.89. The van der Waals surface area contributed by atoms with Crippen LogP contribution in [0.15, 0.2) is 42.5 Å². The third-order valence-electron chi connectivity index (χ3n) is 3.30. The van der Waals surface area contributed by atoms with Gasteiger partial charge < -0.3 is 0 Å². The summed E-state index contributed by atoms with van der Waals surface area (Å²) in [5.41, 5.74) is 5.37. The Morgan fingerprint density at radius 2 is 1.67 bits per heavy atom. The highest BCUT2D eigenvalue weighted by molar-refractivity contribution is 5.89. The second-order valence-corrected chi connectivity index (χ2v) is 4.93. The first-order valence-electron chi connectivity index (χ1n) is 6.28. The van der Waals surface area contributed by atoms with E-state index in [4.69, 9.17) is 0 Å². The Labute approximate surface area is 108 Å². The predicted octanol–water partition coefficient (Wildman–Crippen LogP) is 4.60. The SMILES string of the molecule is Cc1cccc(C=O)c1-c1ccc(C(C)C)cc1. The summed E-state index contributed by atoms with van der Waals surface area (Å²) in [6.07, 6.45) is 0.929. The molecule has 0 heterocycles. The van der Waals surface area contributed by atoms with E-state index >= 15 is 0 Å². The lowest BCUT2D eigenvalue weighted by Crippen LogP contribution is -1.92. The van der Waals surface area contributed by atoms with Crippen molar-refractivity contribution in [2.24, 2.45) is 0 Å². The van der Waals surface area contributed by atoms with Crippen molar-refractivity contribution in [3.8, 4) is 11.1 Å². The van der Waals surface area contributed by atoms with Gasteiger partial charge in [0.25, 0.3) is 0 Å². The number of aldehydes is 1. The van der Waals surface area contributed by atoms with Crippen LogP contribution in [0, 0.1) is 6.92 Å². The second-order valence-electron chi connectivity index (χ2n) is 4.93. The summed E-state index contributed by atoms with van der Waals surface area (Å²) in [6.45, 7) is 6.40. The Balaban J connectivity index is 2.52. The van der Waals surface area contributed by atoms with Crippen LogP contribution < -0.4 is 0 Å². The molecule has 0 unspecified atom stereocenters. The van der Waals surface area contributed by atoms with E-state index in [2.05, 4.69) is 38.1 Å². The third-order valence-corrected chi connectivity index (χ3v) is 3.30. The molecule has 1 heteroatoms. The number of benzene rings is 2. The van der Waals surface area contributed by atoms with E-state index in [0.29, 0.717) is 5.92 Å². The lowest BCUT2D eigenvalue weighted by atomic mass is 9.93. The summed E-state index contributed by atoms with van der Waals surface area (Å²) in [6, 6.07) is 14.3. The maximum absolute atomic E-state index is 11.1. The number of aryl methyl sites for hydroxylation is 1. The molecule has 2 aromatic carbocycles. The van der Waals surface area contributed by atoms with E-state index in [1.807, 2.05) is 25.1 Å². The molecule has 0 amide bonds. The fourth-order valence-corrected chi connectivity index (χ4v) is 2.22. The van der Waals surface area contributed by atoms with Gasteiger partial charge in [-0.05, 0) is 35.1 Å². The minimum Gasteiger partial charge on any atom is -0.298 e. The first kappa shape index (κ1) is 12.6.